The molecule has 0 aliphatic carbocycles. The Morgan fingerprint density at radius 2 is 2.00 bits per heavy atom. The third-order valence-electron chi connectivity index (χ3n) is 3.30. The summed E-state index contributed by atoms with van der Waals surface area (Å²) in [6.07, 6.45) is 7.55. The number of aryl methyl sites for hydroxylation is 1. The molecular weight excluding hydrogens is 242 g/mol. The van der Waals surface area contributed by atoms with Crippen molar-refractivity contribution in [3.05, 3.63) is 42.1 Å². The number of benzene rings is 1. The molecule has 18 heavy (non-hydrogen) atoms. The third-order valence-corrected chi connectivity index (χ3v) is 3.74. The lowest BCUT2D eigenvalue weighted by Crippen LogP contribution is -1.99. The van der Waals surface area contributed by atoms with Gasteiger partial charge in [0.2, 0.25) is 0 Å². The lowest BCUT2D eigenvalue weighted by molar-refractivity contribution is 0.641. The SMILES string of the molecule is CCCC(Cl)CCCc1ccnc2ccccc12. The van der Waals surface area contributed by atoms with Crippen molar-refractivity contribution in [3.8, 4) is 0 Å². The number of pyridine rings is 1. The van der Waals surface area contributed by atoms with Crippen LogP contribution in [0.4, 0.5) is 0 Å². The molecule has 1 atom stereocenters. The zero-order valence-corrected chi connectivity index (χ0v) is 11.7. The fourth-order valence-corrected chi connectivity index (χ4v) is 2.72. The van der Waals surface area contributed by atoms with Crippen LogP contribution in [-0.4, -0.2) is 10.4 Å². The Hall–Kier alpha value is -1.08. The second-order valence-corrected chi connectivity index (χ2v) is 5.38. The summed E-state index contributed by atoms with van der Waals surface area (Å²) in [6, 6.07) is 10.5. The third kappa shape index (κ3) is 3.46. The summed E-state index contributed by atoms with van der Waals surface area (Å²) in [6.45, 7) is 2.19. The summed E-state index contributed by atoms with van der Waals surface area (Å²) in [5.74, 6) is 0. The van der Waals surface area contributed by atoms with Gasteiger partial charge in [-0.15, -0.1) is 11.6 Å². The van der Waals surface area contributed by atoms with Gasteiger partial charge in [0.05, 0.1) is 5.52 Å². The average molecular weight is 262 g/mol. The number of fused-ring (bicyclic) bond motifs is 1. The molecule has 0 bridgehead atoms. The van der Waals surface area contributed by atoms with Crippen LogP contribution in [0.25, 0.3) is 10.9 Å². The summed E-state index contributed by atoms with van der Waals surface area (Å²) in [4.78, 5) is 4.39. The number of rotatable bonds is 6. The Morgan fingerprint density at radius 3 is 2.83 bits per heavy atom. The number of hydrogen-bond acceptors (Lipinski definition) is 1. The minimum atomic E-state index is 0.336. The van der Waals surface area contributed by atoms with Crippen LogP contribution in [0.15, 0.2) is 36.5 Å². The summed E-state index contributed by atoms with van der Waals surface area (Å²) in [7, 11) is 0. The molecule has 0 radical (unpaired) electrons. The molecule has 96 valence electrons. The maximum atomic E-state index is 6.25. The standard InChI is InChI=1S/C16H20ClN/c1-2-6-14(17)8-5-7-13-11-12-18-16-10-4-3-9-15(13)16/h3-4,9-12,14H,2,5-8H2,1H3. The molecule has 1 aromatic heterocycles. The molecule has 0 saturated heterocycles. The average Bonchev–Trinajstić information content (AvgIpc) is 2.39. The van der Waals surface area contributed by atoms with Gasteiger partial charge in [-0.1, -0.05) is 31.5 Å². The second kappa shape index (κ2) is 6.75. The van der Waals surface area contributed by atoms with Gasteiger partial charge >= 0.3 is 0 Å². The lowest BCUT2D eigenvalue weighted by atomic mass is 10.0. The largest absolute Gasteiger partial charge is 0.256 e. The van der Waals surface area contributed by atoms with E-state index in [1.54, 1.807) is 0 Å². The van der Waals surface area contributed by atoms with Gasteiger partial charge in [0.15, 0.2) is 0 Å². The van der Waals surface area contributed by atoms with Crippen molar-refractivity contribution in [3.63, 3.8) is 0 Å². The maximum absolute atomic E-state index is 6.25. The first-order valence-electron chi connectivity index (χ1n) is 6.78. The van der Waals surface area contributed by atoms with E-state index in [0.29, 0.717) is 5.38 Å². The van der Waals surface area contributed by atoms with Crippen LogP contribution in [0.2, 0.25) is 0 Å². The van der Waals surface area contributed by atoms with Gasteiger partial charge < -0.3 is 0 Å². The number of nitrogens with zero attached hydrogens (tertiary/aromatic N) is 1. The molecule has 1 heterocycles. The zero-order valence-electron chi connectivity index (χ0n) is 10.9. The molecule has 1 aromatic carbocycles. The summed E-state index contributed by atoms with van der Waals surface area (Å²) in [5.41, 5.74) is 2.48. The molecule has 0 aliphatic heterocycles. The van der Waals surface area contributed by atoms with Crippen molar-refractivity contribution in [2.75, 3.05) is 0 Å². The molecular formula is C16H20ClN. The minimum absolute atomic E-state index is 0.336. The van der Waals surface area contributed by atoms with Gasteiger partial charge in [0.25, 0.3) is 0 Å². The van der Waals surface area contributed by atoms with Crippen LogP contribution in [-0.2, 0) is 6.42 Å². The van der Waals surface area contributed by atoms with Crippen molar-refractivity contribution < 1.29 is 0 Å². The number of aromatic nitrogens is 1. The molecule has 2 rings (SSSR count). The maximum Gasteiger partial charge on any atom is 0.0704 e. The van der Waals surface area contributed by atoms with Crippen molar-refractivity contribution in [1.82, 2.24) is 4.98 Å². The zero-order chi connectivity index (χ0) is 12.8. The second-order valence-electron chi connectivity index (χ2n) is 4.77. The van der Waals surface area contributed by atoms with Crippen molar-refractivity contribution in [2.45, 2.75) is 44.4 Å². The van der Waals surface area contributed by atoms with E-state index in [1.165, 1.54) is 17.4 Å². The van der Waals surface area contributed by atoms with Crippen LogP contribution < -0.4 is 0 Å². The van der Waals surface area contributed by atoms with E-state index in [-0.39, 0.29) is 0 Å². The Bertz CT molecular complexity index is 490. The first kappa shape index (κ1) is 13.4. The molecule has 1 unspecified atom stereocenters. The van der Waals surface area contributed by atoms with E-state index in [4.69, 9.17) is 11.6 Å². The van der Waals surface area contributed by atoms with Crippen LogP contribution in [0.5, 0.6) is 0 Å². The fraction of sp³-hybridized carbons (Fsp3) is 0.438. The Balaban J connectivity index is 1.99. The van der Waals surface area contributed by atoms with E-state index in [1.807, 2.05) is 12.3 Å². The van der Waals surface area contributed by atoms with Crippen LogP contribution in [0.3, 0.4) is 0 Å². The molecule has 0 fully saturated rings. The van der Waals surface area contributed by atoms with Crippen molar-refractivity contribution >= 4 is 22.5 Å². The summed E-state index contributed by atoms with van der Waals surface area (Å²) < 4.78 is 0. The fourth-order valence-electron chi connectivity index (χ4n) is 2.34. The predicted molar refractivity (Wildman–Crippen MR) is 79.2 cm³/mol. The van der Waals surface area contributed by atoms with E-state index in [2.05, 4.69) is 36.2 Å². The first-order valence-corrected chi connectivity index (χ1v) is 7.21. The Labute approximate surface area is 114 Å². The van der Waals surface area contributed by atoms with Crippen LogP contribution in [0, 0.1) is 0 Å². The van der Waals surface area contributed by atoms with Gasteiger partial charge in [-0.3, -0.25) is 4.98 Å². The molecule has 0 N–H and O–H groups in total. The molecule has 0 saturated carbocycles. The van der Waals surface area contributed by atoms with E-state index >= 15 is 0 Å². The van der Waals surface area contributed by atoms with Gasteiger partial charge in [-0.05, 0) is 43.4 Å². The quantitative estimate of drug-likeness (QED) is 0.670. The molecule has 0 spiro atoms. The van der Waals surface area contributed by atoms with E-state index in [0.717, 1.165) is 31.2 Å². The van der Waals surface area contributed by atoms with E-state index in [9.17, 15) is 0 Å². The molecule has 0 amide bonds. The summed E-state index contributed by atoms with van der Waals surface area (Å²) >= 11 is 6.25. The van der Waals surface area contributed by atoms with Crippen LogP contribution >= 0.6 is 11.6 Å². The molecule has 1 nitrogen and oxygen atoms in total. The highest BCUT2D eigenvalue weighted by Gasteiger charge is 2.05. The monoisotopic (exact) mass is 261 g/mol. The number of para-hydroxylation sites is 1. The Morgan fingerprint density at radius 1 is 1.17 bits per heavy atom. The smallest absolute Gasteiger partial charge is 0.0704 e. The topological polar surface area (TPSA) is 12.9 Å². The molecule has 2 heteroatoms. The highest BCUT2D eigenvalue weighted by molar-refractivity contribution is 6.20. The lowest BCUT2D eigenvalue weighted by Gasteiger charge is -2.09. The highest BCUT2D eigenvalue weighted by Crippen LogP contribution is 2.20. The Kier molecular flexibility index (Phi) is 5.00. The minimum Gasteiger partial charge on any atom is -0.256 e. The first-order chi connectivity index (χ1) is 8.81. The number of halogens is 1. The predicted octanol–water partition coefficient (Wildman–Crippen LogP) is 4.97. The van der Waals surface area contributed by atoms with Gasteiger partial charge in [0.1, 0.15) is 0 Å². The van der Waals surface area contributed by atoms with E-state index < -0.39 is 0 Å². The van der Waals surface area contributed by atoms with Gasteiger partial charge in [-0.25, -0.2) is 0 Å². The van der Waals surface area contributed by atoms with Crippen molar-refractivity contribution in [1.29, 1.82) is 0 Å². The highest BCUT2D eigenvalue weighted by atomic mass is 35.5. The van der Waals surface area contributed by atoms with Crippen LogP contribution in [0.1, 0.15) is 38.2 Å². The molecule has 2 aromatic rings. The van der Waals surface area contributed by atoms with Gasteiger partial charge in [-0.2, -0.15) is 0 Å². The summed E-state index contributed by atoms with van der Waals surface area (Å²) in [5, 5.41) is 1.62. The normalized spacial score (nSPS) is 12.8. The van der Waals surface area contributed by atoms with Crippen molar-refractivity contribution in [2.24, 2.45) is 0 Å². The number of hydrogen-bond donors (Lipinski definition) is 0. The van der Waals surface area contributed by atoms with Gasteiger partial charge in [0, 0.05) is 17.0 Å². The molecule has 0 aliphatic rings. The number of alkyl halides is 1.